The topological polar surface area (TPSA) is 145 Å². The number of methoxy groups -OCH3 is 1. The highest BCUT2D eigenvalue weighted by Gasteiger charge is 2.29. The van der Waals surface area contributed by atoms with Crippen molar-refractivity contribution in [3.63, 3.8) is 0 Å². The summed E-state index contributed by atoms with van der Waals surface area (Å²) in [6, 6.07) is 15.4. The molecule has 0 aliphatic rings. The minimum atomic E-state index is -4.39. The highest BCUT2D eigenvalue weighted by Crippen LogP contribution is 2.29. The molecular formula is C25H25N3O8S. The van der Waals surface area contributed by atoms with Crippen LogP contribution in [0.5, 0.6) is 5.75 Å². The van der Waals surface area contributed by atoms with Gasteiger partial charge in [-0.15, -0.1) is 0 Å². The van der Waals surface area contributed by atoms with Crippen molar-refractivity contribution in [1.82, 2.24) is 0 Å². The molecule has 194 valence electrons. The third-order valence-electron chi connectivity index (χ3n) is 5.29. The molecule has 0 radical (unpaired) electrons. The maximum absolute atomic E-state index is 13.6. The van der Waals surface area contributed by atoms with Gasteiger partial charge in [-0.05, 0) is 68.4 Å². The molecule has 11 nitrogen and oxygen atoms in total. The highest BCUT2D eigenvalue weighted by molar-refractivity contribution is 7.92. The zero-order valence-corrected chi connectivity index (χ0v) is 21.2. The fourth-order valence-electron chi connectivity index (χ4n) is 3.37. The SMILES string of the molecule is CCOC(=O)c1ccc(NC(=O)CN(c2ccc(OC)cc2)S(=O)(=O)c2ccc(C)c([N+](=O)[O-])c2)cc1. The second kappa shape index (κ2) is 11.5. The van der Waals surface area contributed by atoms with Crippen LogP contribution in [0, 0.1) is 17.0 Å². The number of sulfonamides is 1. The van der Waals surface area contributed by atoms with E-state index in [4.69, 9.17) is 9.47 Å². The number of amides is 1. The van der Waals surface area contributed by atoms with Crippen LogP contribution in [-0.4, -0.2) is 45.5 Å². The first-order valence-electron chi connectivity index (χ1n) is 11.1. The molecule has 0 aliphatic carbocycles. The lowest BCUT2D eigenvalue weighted by atomic mass is 10.2. The van der Waals surface area contributed by atoms with Gasteiger partial charge in [0.25, 0.3) is 15.7 Å². The van der Waals surface area contributed by atoms with E-state index in [2.05, 4.69) is 5.32 Å². The normalized spacial score (nSPS) is 10.9. The summed E-state index contributed by atoms with van der Waals surface area (Å²) in [6.45, 7) is 2.77. The fourth-order valence-corrected chi connectivity index (χ4v) is 4.81. The number of aryl methyl sites for hydroxylation is 1. The lowest BCUT2D eigenvalue weighted by Gasteiger charge is -2.24. The van der Waals surface area contributed by atoms with Crippen molar-refractivity contribution in [1.29, 1.82) is 0 Å². The lowest BCUT2D eigenvalue weighted by molar-refractivity contribution is -0.385. The monoisotopic (exact) mass is 527 g/mol. The maximum atomic E-state index is 13.6. The Hall–Kier alpha value is -4.45. The van der Waals surface area contributed by atoms with E-state index in [9.17, 15) is 28.1 Å². The van der Waals surface area contributed by atoms with E-state index in [0.29, 0.717) is 22.6 Å². The molecule has 0 spiro atoms. The summed E-state index contributed by atoms with van der Waals surface area (Å²) in [7, 11) is -2.94. The number of rotatable bonds is 10. The van der Waals surface area contributed by atoms with Crippen LogP contribution >= 0.6 is 0 Å². The summed E-state index contributed by atoms with van der Waals surface area (Å²) in [5.74, 6) is -0.715. The minimum absolute atomic E-state index is 0.150. The number of nitro benzene ring substituents is 1. The smallest absolute Gasteiger partial charge is 0.338 e. The van der Waals surface area contributed by atoms with E-state index in [-0.39, 0.29) is 22.9 Å². The minimum Gasteiger partial charge on any atom is -0.497 e. The van der Waals surface area contributed by atoms with Crippen LogP contribution in [0.2, 0.25) is 0 Å². The van der Waals surface area contributed by atoms with Gasteiger partial charge in [-0.25, -0.2) is 13.2 Å². The molecule has 37 heavy (non-hydrogen) atoms. The van der Waals surface area contributed by atoms with Crippen molar-refractivity contribution >= 4 is 39.0 Å². The average Bonchev–Trinajstić information content (AvgIpc) is 2.88. The highest BCUT2D eigenvalue weighted by atomic mass is 32.2. The van der Waals surface area contributed by atoms with E-state index >= 15 is 0 Å². The predicted molar refractivity (Wildman–Crippen MR) is 136 cm³/mol. The quantitative estimate of drug-likeness (QED) is 0.237. The van der Waals surface area contributed by atoms with E-state index in [1.54, 1.807) is 6.92 Å². The van der Waals surface area contributed by atoms with Gasteiger partial charge in [0, 0.05) is 17.3 Å². The third-order valence-corrected chi connectivity index (χ3v) is 7.06. The zero-order chi connectivity index (χ0) is 27.2. The van der Waals surface area contributed by atoms with E-state index < -0.39 is 33.4 Å². The number of carbonyl (C=O) groups excluding carboxylic acids is 2. The van der Waals surface area contributed by atoms with Gasteiger partial charge >= 0.3 is 5.97 Å². The average molecular weight is 528 g/mol. The largest absolute Gasteiger partial charge is 0.497 e. The van der Waals surface area contributed by atoms with Crippen LogP contribution in [0.1, 0.15) is 22.8 Å². The number of nitrogens with one attached hydrogen (secondary N) is 1. The number of hydrogen-bond acceptors (Lipinski definition) is 8. The van der Waals surface area contributed by atoms with Crippen molar-refractivity contribution < 1.29 is 32.4 Å². The summed E-state index contributed by atoms with van der Waals surface area (Å²) < 4.78 is 38.1. The first-order valence-corrected chi connectivity index (χ1v) is 12.5. The standard InChI is InChI=1S/C25H25N3O8S/c1-4-36-25(30)18-6-8-19(9-7-18)26-24(29)16-27(20-10-12-21(35-3)13-11-20)37(33,34)22-14-5-17(2)23(15-22)28(31)32/h5-15H,4,16H2,1-3H3,(H,26,29). The van der Waals surface area contributed by atoms with Crippen LogP contribution < -0.4 is 14.4 Å². The summed E-state index contributed by atoms with van der Waals surface area (Å²) in [6.07, 6.45) is 0. The van der Waals surface area contributed by atoms with Crippen LogP contribution in [-0.2, 0) is 19.6 Å². The third kappa shape index (κ3) is 6.41. The Labute approximate surface area is 213 Å². The van der Waals surface area contributed by atoms with Crippen molar-refractivity contribution in [2.45, 2.75) is 18.7 Å². The molecule has 12 heteroatoms. The van der Waals surface area contributed by atoms with Crippen molar-refractivity contribution in [3.8, 4) is 5.75 Å². The van der Waals surface area contributed by atoms with Crippen molar-refractivity contribution in [3.05, 3.63) is 88.0 Å². The number of esters is 1. The van der Waals surface area contributed by atoms with Gasteiger partial charge in [0.2, 0.25) is 5.91 Å². The summed E-state index contributed by atoms with van der Waals surface area (Å²) >= 11 is 0. The number of nitro groups is 1. The van der Waals surface area contributed by atoms with Gasteiger partial charge in [-0.1, -0.05) is 6.07 Å². The van der Waals surface area contributed by atoms with Crippen LogP contribution in [0.25, 0.3) is 0 Å². The predicted octanol–water partition coefficient (Wildman–Crippen LogP) is 3.92. The van der Waals surface area contributed by atoms with Gasteiger partial charge in [0.1, 0.15) is 12.3 Å². The Kier molecular flexibility index (Phi) is 8.45. The Morgan fingerprint density at radius 2 is 1.68 bits per heavy atom. The molecule has 3 rings (SSSR count). The number of nitrogens with zero attached hydrogens (tertiary/aromatic N) is 2. The molecule has 0 unspecified atom stereocenters. The molecule has 1 amide bonds. The molecule has 1 N–H and O–H groups in total. The Balaban J connectivity index is 1.92. The van der Waals surface area contributed by atoms with Gasteiger partial charge in [-0.2, -0.15) is 0 Å². The summed E-state index contributed by atoms with van der Waals surface area (Å²) in [4.78, 5) is 35.1. The molecular weight excluding hydrogens is 502 g/mol. The Bertz CT molecular complexity index is 1400. The van der Waals surface area contributed by atoms with Gasteiger partial charge in [0.15, 0.2) is 0 Å². The number of benzene rings is 3. The lowest BCUT2D eigenvalue weighted by Crippen LogP contribution is -2.38. The molecule has 0 aromatic heterocycles. The van der Waals surface area contributed by atoms with E-state index in [1.165, 1.54) is 74.7 Å². The number of carbonyl (C=O) groups is 2. The molecule has 0 fully saturated rings. The maximum Gasteiger partial charge on any atom is 0.338 e. The van der Waals surface area contributed by atoms with Gasteiger partial charge < -0.3 is 14.8 Å². The van der Waals surface area contributed by atoms with Gasteiger partial charge in [0.05, 0.1) is 34.8 Å². The molecule has 0 heterocycles. The Morgan fingerprint density at radius 3 is 2.24 bits per heavy atom. The van der Waals surface area contributed by atoms with Crippen LogP contribution in [0.3, 0.4) is 0 Å². The van der Waals surface area contributed by atoms with Crippen LogP contribution in [0.15, 0.2) is 71.6 Å². The second-order valence-corrected chi connectivity index (χ2v) is 9.62. The first-order chi connectivity index (χ1) is 17.6. The number of hydrogen-bond donors (Lipinski definition) is 1. The molecule has 0 atom stereocenters. The number of anilines is 2. The molecule has 3 aromatic rings. The summed E-state index contributed by atoms with van der Waals surface area (Å²) in [5, 5.41) is 14.0. The molecule has 0 bridgehead atoms. The summed E-state index contributed by atoms with van der Waals surface area (Å²) in [5.41, 5.74) is 0.710. The second-order valence-electron chi connectivity index (χ2n) is 7.76. The van der Waals surface area contributed by atoms with Crippen molar-refractivity contribution in [2.24, 2.45) is 0 Å². The van der Waals surface area contributed by atoms with Crippen LogP contribution in [0.4, 0.5) is 17.1 Å². The van der Waals surface area contributed by atoms with Crippen molar-refractivity contribution in [2.75, 3.05) is 29.9 Å². The zero-order valence-electron chi connectivity index (χ0n) is 20.3. The van der Waals surface area contributed by atoms with E-state index in [0.717, 1.165) is 10.4 Å². The van der Waals surface area contributed by atoms with E-state index in [1.807, 2.05) is 0 Å². The Morgan fingerprint density at radius 1 is 1.03 bits per heavy atom. The number of ether oxygens (including phenoxy) is 2. The molecule has 0 saturated heterocycles. The molecule has 0 saturated carbocycles. The fraction of sp³-hybridized carbons (Fsp3) is 0.200. The van der Waals surface area contributed by atoms with Gasteiger partial charge in [-0.3, -0.25) is 19.2 Å². The first kappa shape index (κ1) is 27.1. The molecule has 3 aromatic carbocycles. The molecule has 0 aliphatic heterocycles.